The van der Waals surface area contributed by atoms with E-state index in [1.165, 1.54) is 18.6 Å². The highest BCUT2D eigenvalue weighted by Crippen LogP contribution is 2.39. The number of halogens is 5. The minimum absolute atomic E-state index is 0.0121. The molecular formula is C21H24F5N5O2. The van der Waals surface area contributed by atoms with E-state index in [1.54, 1.807) is 41.5 Å². The van der Waals surface area contributed by atoms with Gasteiger partial charge in [0.25, 0.3) is 0 Å². The highest BCUT2D eigenvalue weighted by molar-refractivity contribution is 5.67. The van der Waals surface area contributed by atoms with Crippen LogP contribution in [0.5, 0.6) is 11.9 Å². The molecule has 0 aliphatic rings. The van der Waals surface area contributed by atoms with E-state index in [4.69, 9.17) is 9.47 Å². The smallest absolute Gasteiger partial charge is 0.453 e. The summed E-state index contributed by atoms with van der Waals surface area (Å²) in [4.78, 5) is 12.3. The SMILES string of the molecule is CC(C)(C)Oc1ncc(-c2cc(CC(F)(F)C(F)(F)F)c3nccn3n2)c(OC(C)(C)C)n1. The molecule has 0 saturated heterocycles. The van der Waals surface area contributed by atoms with E-state index >= 15 is 0 Å². The topological polar surface area (TPSA) is 74.4 Å². The quantitative estimate of drug-likeness (QED) is 0.470. The minimum Gasteiger partial charge on any atom is -0.471 e. The van der Waals surface area contributed by atoms with Crippen LogP contribution in [0.15, 0.2) is 24.7 Å². The van der Waals surface area contributed by atoms with Crippen LogP contribution in [-0.4, -0.2) is 47.9 Å². The second kappa shape index (κ2) is 8.07. The third kappa shape index (κ3) is 5.85. The van der Waals surface area contributed by atoms with Gasteiger partial charge in [0.2, 0.25) is 5.88 Å². The first-order chi connectivity index (χ1) is 15.0. The Morgan fingerprint density at radius 3 is 2.12 bits per heavy atom. The number of imidazole rings is 1. The Bertz CT molecular complexity index is 1150. The maximum absolute atomic E-state index is 13.8. The van der Waals surface area contributed by atoms with Gasteiger partial charge in [-0.1, -0.05) is 0 Å². The first-order valence-corrected chi connectivity index (χ1v) is 9.98. The van der Waals surface area contributed by atoms with Crippen LogP contribution in [0.3, 0.4) is 0 Å². The maximum atomic E-state index is 13.8. The van der Waals surface area contributed by atoms with Gasteiger partial charge in [-0.2, -0.15) is 32.0 Å². The summed E-state index contributed by atoms with van der Waals surface area (Å²) in [6.45, 7) is 10.7. The molecule has 3 rings (SSSR count). The molecule has 0 bridgehead atoms. The van der Waals surface area contributed by atoms with Crippen molar-refractivity contribution >= 4 is 5.65 Å². The van der Waals surface area contributed by atoms with Crippen LogP contribution < -0.4 is 9.47 Å². The van der Waals surface area contributed by atoms with Crippen molar-refractivity contribution in [1.29, 1.82) is 0 Å². The normalized spacial score (nSPS) is 13.4. The predicted octanol–water partition coefficient (Wildman–Crippen LogP) is 5.28. The Labute approximate surface area is 187 Å². The largest absolute Gasteiger partial charge is 0.471 e. The molecule has 0 amide bonds. The van der Waals surface area contributed by atoms with Gasteiger partial charge in [-0.3, -0.25) is 0 Å². The Hall–Kier alpha value is -3.05. The van der Waals surface area contributed by atoms with Crippen LogP contribution in [0.25, 0.3) is 16.9 Å². The van der Waals surface area contributed by atoms with Crippen molar-refractivity contribution in [3.8, 4) is 23.1 Å². The molecule has 3 aromatic heterocycles. The van der Waals surface area contributed by atoms with Crippen molar-refractivity contribution in [2.24, 2.45) is 0 Å². The van der Waals surface area contributed by atoms with Gasteiger partial charge in [-0.15, -0.1) is 0 Å². The van der Waals surface area contributed by atoms with E-state index in [0.29, 0.717) is 0 Å². The van der Waals surface area contributed by atoms with Gasteiger partial charge < -0.3 is 9.47 Å². The van der Waals surface area contributed by atoms with Gasteiger partial charge in [-0.05, 0) is 47.6 Å². The van der Waals surface area contributed by atoms with E-state index in [-0.39, 0.29) is 34.4 Å². The van der Waals surface area contributed by atoms with E-state index in [0.717, 1.165) is 10.6 Å². The summed E-state index contributed by atoms with van der Waals surface area (Å²) in [5.74, 6) is -4.92. The summed E-state index contributed by atoms with van der Waals surface area (Å²) in [7, 11) is 0. The molecule has 0 atom stereocenters. The van der Waals surface area contributed by atoms with Crippen LogP contribution in [0, 0.1) is 0 Å². The van der Waals surface area contributed by atoms with Gasteiger partial charge in [0.1, 0.15) is 11.2 Å². The molecule has 0 N–H and O–H groups in total. The van der Waals surface area contributed by atoms with Crippen molar-refractivity contribution in [2.45, 2.75) is 71.3 Å². The molecule has 3 heterocycles. The zero-order valence-electron chi connectivity index (χ0n) is 19.0. The number of rotatable bonds is 5. The molecule has 3 aromatic rings. The van der Waals surface area contributed by atoms with Crippen molar-refractivity contribution < 1.29 is 31.4 Å². The number of fused-ring (bicyclic) bond motifs is 1. The number of hydrogen-bond donors (Lipinski definition) is 0. The first kappa shape index (κ1) is 24.6. The predicted molar refractivity (Wildman–Crippen MR) is 109 cm³/mol. The molecule has 0 aromatic carbocycles. The van der Waals surface area contributed by atoms with Crippen molar-refractivity contribution in [3.05, 3.63) is 30.2 Å². The minimum atomic E-state index is -5.71. The van der Waals surface area contributed by atoms with Crippen LogP contribution in [0.2, 0.25) is 0 Å². The molecule has 7 nitrogen and oxygen atoms in total. The molecule has 0 spiro atoms. The lowest BCUT2D eigenvalue weighted by atomic mass is 10.1. The van der Waals surface area contributed by atoms with Crippen LogP contribution in [0.1, 0.15) is 47.1 Å². The third-order valence-electron chi connectivity index (χ3n) is 4.07. The summed E-state index contributed by atoms with van der Waals surface area (Å²) < 4.78 is 79.0. The van der Waals surface area contributed by atoms with Gasteiger partial charge >= 0.3 is 18.1 Å². The van der Waals surface area contributed by atoms with E-state index in [1.807, 2.05) is 0 Å². The van der Waals surface area contributed by atoms with Crippen LogP contribution in [-0.2, 0) is 6.42 Å². The van der Waals surface area contributed by atoms with Crippen LogP contribution >= 0.6 is 0 Å². The fourth-order valence-electron chi connectivity index (χ4n) is 2.80. The van der Waals surface area contributed by atoms with E-state index in [9.17, 15) is 22.0 Å². The summed E-state index contributed by atoms with van der Waals surface area (Å²) in [6, 6.07) is 1.12. The zero-order chi connectivity index (χ0) is 24.8. The summed E-state index contributed by atoms with van der Waals surface area (Å²) in [6.07, 6.45) is -3.39. The molecule has 0 saturated carbocycles. The number of aromatic nitrogens is 5. The zero-order valence-corrected chi connectivity index (χ0v) is 19.0. The molecule has 0 aliphatic heterocycles. The number of ether oxygens (including phenoxy) is 2. The Morgan fingerprint density at radius 2 is 1.55 bits per heavy atom. The van der Waals surface area contributed by atoms with Crippen molar-refractivity contribution in [1.82, 2.24) is 24.6 Å². The highest BCUT2D eigenvalue weighted by Gasteiger charge is 2.57. The lowest BCUT2D eigenvalue weighted by Gasteiger charge is -2.24. The molecule has 0 aliphatic carbocycles. The first-order valence-electron chi connectivity index (χ1n) is 9.98. The monoisotopic (exact) mass is 473 g/mol. The molecule has 0 unspecified atom stereocenters. The average molecular weight is 473 g/mol. The summed E-state index contributed by atoms with van der Waals surface area (Å²) in [5.41, 5.74) is -1.55. The second-order valence-electron chi connectivity index (χ2n) is 9.43. The molecular weight excluding hydrogens is 449 g/mol. The fourth-order valence-corrected chi connectivity index (χ4v) is 2.80. The van der Waals surface area contributed by atoms with Crippen molar-refractivity contribution in [3.63, 3.8) is 0 Å². The number of alkyl halides is 5. The molecule has 0 fully saturated rings. The van der Waals surface area contributed by atoms with E-state index < -0.39 is 29.7 Å². The van der Waals surface area contributed by atoms with Crippen molar-refractivity contribution in [2.75, 3.05) is 0 Å². The van der Waals surface area contributed by atoms with Gasteiger partial charge in [0, 0.05) is 30.6 Å². The summed E-state index contributed by atoms with van der Waals surface area (Å²) >= 11 is 0. The van der Waals surface area contributed by atoms with Gasteiger partial charge in [-0.25, -0.2) is 14.5 Å². The number of hydrogen-bond acceptors (Lipinski definition) is 6. The molecule has 33 heavy (non-hydrogen) atoms. The Balaban J connectivity index is 2.15. The molecule has 0 radical (unpaired) electrons. The fraction of sp³-hybridized carbons (Fsp3) is 0.524. The van der Waals surface area contributed by atoms with Gasteiger partial charge in [0.15, 0.2) is 5.65 Å². The third-order valence-corrected chi connectivity index (χ3v) is 4.07. The average Bonchev–Trinajstić information content (AvgIpc) is 3.06. The summed E-state index contributed by atoms with van der Waals surface area (Å²) in [5, 5.41) is 4.28. The lowest BCUT2D eigenvalue weighted by Crippen LogP contribution is -2.38. The second-order valence-corrected chi connectivity index (χ2v) is 9.43. The highest BCUT2D eigenvalue weighted by atomic mass is 19.4. The Morgan fingerprint density at radius 1 is 0.909 bits per heavy atom. The molecule has 12 heteroatoms. The van der Waals surface area contributed by atoms with Crippen LogP contribution in [0.4, 0.5) is 22.0 Å². The standard InChI is InChI=1S/C21H24F5N5O2/c1-18(2,3)32-16-13(11-28-17(29-16)33-19(4,5)6)14-9-12(10-20(22,23)21(24,25)26)15-27-7-8-31(15)30-14/h7-9,11H,10H2,1-6H3. The lowest BCUT2D eigenvalue weighted by molar-refractivity contribution is -0.281. The maximum Gasteiger partial charge on any atom is 0.453 e. The molecule has 180 valence electrons. The van der Waals surface area contributed by atoms with Gasteiger partial charge in [0.05, 0.1) is 11.3 Å². The number of nitrogens with zero attached hydrogens (tertiary/aromatic N) is 5. The Kier molecular flexibility index (Phi) is 6.01. The van der Waals surface area contributed by atoms with E-state index in [2.05, 4.69) is 20.1 Å².